The van der Waals surface area contributed by atoms with Gasteiger partial charge in [-0.25, -0.2) is 4.79 Å². The van der Waals surface area contributed by atoms with E-state index in [2.05, 4.69) is 11.9 Å². The number of methoxy groups -OCH3 is 1. The molecule has 1 aromatic rings. The van der Waals surface area contributed by atoms with Crippen LogP contribution < -0.4 is 5.32 Å². The quantitative estimate of drug-likeness (QED) is 0.719. The number of amides is 2. The van der Waals surface area contributed by atoms with E-state index in [0.717, 1.165) is 12.0 Å². The van der Waals surface area contributed by atoms with Crippen molar-refractivity contribution in [2.45, 2.75) is 64.2 Å². The minimum atomic E-state index is -0.993. The molecular formula is C22H32N2O4. The summed E-state index contributed by atoms with van der Waals surface area (Å²) >= 11 is 0. The number of rotatable bonds is 6. The predicted molar refractivity (Wildman–Crippen MR) is 110 cm³/mol. The molecular weight excluding hydrogens is 356 g/mol. The molecule has 28 heavy (non-hydrogen) atoms. The van der Waals surface area contributed by atoms with Gasteiger partial charge in [-0.05, 0) is 64.7 Å². The van der Waals surface area contributed by atoms with Crippen molar-refractivity contribution in [2.75, 3.05) is 19.0 Å². The summed E-state index contributed by atoms with van der Waals surface area (Å²) in [4.78, 5) is 27.6. The molecule has 2 amide bonds. The Morgan fingerprint density at radius 3 is 2.71 bits per heavy atom. The molecule has 6 nitrogen and oxygen atoms in total. The van der Waals surface area contributed by atoms with Crippen LogP contribution in [0.2, 0.25) is 0 Å². The lowest BCUT2D eigenvalue weighted by molar-refractivity contribution is -0.126. The summed E-state index contributed by atoms with van der Waals surface area (Å²) in [5, 5.41) is 2.98. The maximum atomic E-state index is 13.3. The second-order valence-corrected chi connectivity index (χ2v) is 8.22. The van der Waals surface area contributed by atoms with E-state index in [1.54, 1.807) is 18.1 Å². The standard InChI is InChI=1S/C22H32N2O4/c1-7-12-22(13-9-14-24(22)20(26)28-21(3,4)5)19(25)23-18-11-8-10-17(15-18)16(2)27-6/h7-8,10-11,15-16H,1,9,12-14H2,2-6H3,(H,23,25)/t16-,22+/m1/s1. The molecule has 0 bridgehead atoms. The normalized spacial score (nSPS) is 20.5. The van der Waals surface area contributed by atoms with Gasteiger partial charge in [-0.2, -0.15) is 0 Å². The zero-order valence-electron chi connectivity index (χ0n) is 17.6. The summed E-state index contributed by atoms with van der Waals surface area (Å²) in [6.45, 7) is 11.7. The van der Waals surface area contributed by atoms with Crippen LogP contribution in [-0.2, 0) is 14.3 Å². The lowest BCUT2D eigenvalue weighted by atomic mass is 9.90. The monoisotopic (exact) mass is 388 g/mol. The Labute approximate surface area is 167 Å². The van der Waals surface area contributed by atoms with Crippen LogP contribution in [-0.4, -0.2) is 41.7 Å². The zero-order valence-corrected chi connectivity index (χ0v) is 17.6. The van der Waals surface area contributed by atoms with Crippen LogP contribution in [0.1, 0.15) is 58.6 Å². The topological polar surface area (TPSA) is 67.9 Å². The molecule has 1 aromatic carbocycles. The molecule has 2 atom stereocenters. The van der Waals surface area contributed by atoms with E-state index in [0.29, 0.717) is 25.1 Å². The van der Waals surface area contributed by atoms with Crippen LogP contribution in [0.15, 0.2) is 36.9 Å². The van der Waals surface area contributed by atoms with Crippen LogP contribution in [0.25, 0.3) is 0 Å². The molecule has 1 saturated heterocycles. The first-order chi connectivity index (χ1) is 13.1. The minimum absolute atomic E-state index is 0.0799. The molecule has 0 unspecified atom stereocenters. The highest BCUT2D eigenvalue weighted by Gasteiger charge is 2.50. The Kier molecular flexibility index (Phi) is 6.88. The fourth-order valence-corrected chi connectivity index (χ4v) is 3.49. The first-order valence-corrected chi connectivity index (χ1v) is 9.68. The van der Waals surface area contributed by atoms with Crippen molar-refractivity contribution in [2.24, 2.45) is 0 Å². The summed E-state index contributed by atoms with van der Waals surface area (Å²) in [6, 6.07) is 7.55. The van der Waals surface area contributed by atoms with E-state index in [-0.39, 0.29) is 12.0 Å². The third kappa shape index (κ3) is 4.93. The second kappa shape index (κ2) is 8.78. The fourth-order valence-electron chi connectivity index (χ4n) is 3.49. The number of nitrogens with zero attached hydrogens (tertiary/aromatic N) is 1. The molecule has 0 aromatic heterocycles. The molecule has 1 N–H and O–H groups in total. The highest BCUT2D eigenvalue weighted by molar-refractivity contribution is 6.00. The Hall–Kier alpha value is -2.34. The van der Waals surface area contributed by atoms with Crippen LogP contribution in [0, 0.1) is 0 Å². The summed E-state index contributed by atoms with van der Waals surface area (Å²) in [7, 11) is 1.65. The molecule has 1 aliphatic heterocycles. The molecule has 1 fully saturated rings. The minimum Gasteiger partial charge on any atom is -0.444 e. The van der Waals surface area contributed by atoms with Crippen molar-refractivity contribution < 1.29 is 19.1 Å². The zero-order chi connectivity index (χ0) is 20.9. The van der Waals surface area contributed by atoms with Crippen molar-refractivity contribution in [3.8, 4) is 0 Å². The van der Waals surface area contributed by atoms with Crippen molar-refractivity contribution in [1.82, 2.24) is 4.90 Å². The molecule has 0 radical (unpaired) electrons. The first-order valence-electron chi connectivity index (χ1n) is 9.68. The van der Waals surface area contributed by atoms with Gasteiger partial charge in [-0.1, -0.05) is 18.2 Å². The fraction of sp³-hybridized carbons (Fsp3) is 0.545. The van der Waals surface area contributed by atoms with E-state index < -0.39 is 17.2 Å². The van der Waals surface area contributed by atoms with Gasteiger partial charge in [0.15, 0.2) is 0 Å². The van der Waals surface area contributed by atoms with Gasteiger partial charge in [0.1, 0.15) is 11.1 Å². The van der Waals surface area contributed by atoms with Crippen LogP contribution >= 0.6 is 0 Å². The number of nitrogens with one attached hydrogen (secondary N) is 1. The van der Waals surface area contributed by atoms with Crippen molar-refractivity contribution >= 4 is 17.7 Å². The predicted octanol–water partition coefficient (Wildman–Crippen LogP) is 4.68. The smallest absolute Gasteiger partial charge is 0.411 e. The number of hydrogen-bond donors (Lipinski definition) is 1. The SMILES string of the molecule is C=CC[C@@]1(C(=O)Nc2cccc([C@@H](C)OC)c2)CCCN1C(=O)OC(C)(C)C. The van der Waals surface area contributed by atoms with Crippen molar-refractivity contribution in [3.63, 3.8) is 0 Å². The Bertz CT molecular complexity index is 725. The van der Waals surface area contributed by atoms with Crippen LogP contribution in [0.4, 0.5) is 10.5 Å². The first kappa shape index (κ1) is 22.0. The van der Waals surface area contributed by atoms with Gasteiger partial charge in [-0.15, -0.1) is 6.58 Å². The van der Waals surface area contributed by atoms with E-state index in [1.165, 1.54) is 0 Å². The molecule has 0 saturated carbocycles. The van der Waals surface area contributed by atoms with E-state index in [1.807, 2.05) is 52.0 Å². The molecule has 1 heterocycles. The van der Waals surface area contributed by atoms with Gasteiger partial charge < -0.3 is 14.8 Å². The average molecular weight is 389 g/mol. The maximum absolute atomic E-state index is 13.3. The van der Waals surface area contributed by atoms with Gasteiger partial charge in [0, 0.05) is 19.3 Å². The van der Waals surface area contributed by atoms with Crippen LogP contribution in [0.5, 0.6) is 0 Å². The van der Waals surface area contributed by atoms with E-state index in [4.69, 9.17) is 9.47 Å². The number of carbonyl (C=O) groups is 2. The largest absolute Gasteiger partial charge is 0.444 e. The number of ether oxygens (including phenoxy) is 2. The Morgan fingerprint density at radius 2 is 2.11 bits per heavy atom. The maximum Gasteiger partial charge on any atom is 0.411 e. The Morgan fingerprint density at radius 1 is 1.39 bits per heavy atom. The molecule has 1 aliphatic rings. The van der Waals surface area contributed by atoms with Gasteiger partial charge in [0.25, 0.3) is 5.91 Å². The molecule has 0 aliphatic carbocycles. The highest BCUT2D eigenvalue weighted by Crippen LogP contribution is 2.35. The number of likely N-dealkylation sites (tertiary alicyclic amines) is 1. The molecule has 2 rings (SSSR count). The second-order valence-electron chi connectivity index (χ2n) is 8.22. The number of carbonyl (C=O) groups excluding carboxylic acids is 2. The summed E-state index contributed by atoms with van der Waals surface area (Å²) in [5.74, 6) is -0.224. The molecule has 154 valence electrons. The van der Waals surface area contributed by atoms with Gasteiger partial charge in [0.2, 0.25) is 0 Å². The lowest BCUT2D eigenvalue weighted by Gasteiger charge is -2.37. The number of anilines is 1. The summed E-state index contributed by atoms with van der Waals surface area (Å²) < 4.78 is 10.9. The van der Waals surface area contributed by atoms with Gasteiger partial charge in [-0.3, -0.25) is 9.69 Å². The third-order valence-electron chi connectivity index (χ3n) is 4.97. The van der Waals surface area contributed by atoms with Crippen molar-refractivity contribution in [3.05, 3.63) is 42.5 Å². The van der Waals surface area contributed by atoms with Crippen molar-refractivity contribution in [1.29, 1.82) is 0 Å². The summed E-state index contributed by atoms with van der Waals surface area (Å²) in [5.41, 5.74) is 0.0209. The highest BCUT2D eigenvalue weighted by atomic mass is 16.6. The number of hydrogen-bond acceptors (Lipinski definition) is 4. The van der Waals surface area contributed by atoms with Gasteiger partial charge in [0.05, 0.1) is 6.10 Å². The van der Waals surface area contributed by atoms with Crippen LogP contribution in [0.3, 0.4) is 0 Å². The van der Waals surface area contributed by atoms with E-state index >= 15 is 0 Å². The van der Waals surface area contributed by atoms with E-state index in [9.17, 15) is 9.59 Å². The number of benzene rings is 1. The molecule has 0 spiro atoms. The average Bonchev–Trinajstić information content (AvgIpc) is 3.05. The van der Waals surface area contributed by atoms with Gasteiger partial charge >= 0.3 is 6.09 Å². The third-order valence-corrected chi connectivity index (χ3v) is 4.97. The lowest BCUT2D eigenvalue weighted by Crippen LogP contribution is -2.56. The summed E-state index contributed by atoms with van der Waals surface area (Å²) in [6.07, 6.45) is 2.81. The Balaban J connectivity index is 2.27. The molecule has 6 heteroatoms.